The summed E-state index contributed by atoms with van der Waals surface area (Å²) < 4.78 is 0. The molecule has 0 saturated heterocycles. The second-order valence-electron chi connectivity index (χ2n) is 9.58. The molecule has 3 aromatic carbocycles. The van der Waals surface area contributed by atoms with E-state index in [2.05, 4.69) is 28.2 Å². The number of thiol groups is 1. The van der Waals surface area contributed by atoms with Crippen molar-refractivity contribution in [1.29, 1.82) is 0 Å². The molecule has 0 atom stereocenters. The minimum atomic E-state index is -1.10. The second-order valence-corrected chi connectivity index (χ2v) is 13.6. The SMILES string of the molecule is O=C(CCCCCNC(=O)c1cc(Cl)ccc1S)Nc1cccnc1.O=C(O)c1cc(Cl)ccc1SSc1ccc(Cl)cc1C(=O)O. The van der Waals surface area contributed by atoms with Gasteiger partial charge in [0.2, 0.25) is 5.91 Å². The molecule has 0 aliphatic rings. The molecule has 4 N–H and O–H groups in total. The first-order chi connectivity index (χ1) is 22.4. The minimum absolute atomic E-state index is 0.0318. The Morgan fingerprint density at radius 1 is 0.745 bits per heavy atom. The topological polar surface area (TPSA) is 146 Å². The number of hydrogen-bond acceptors (Lipinski definition) is 8. The van der Waals surface area contributed by atoms with E-state index in [4.69, 9.17) is 34.8 Å². The molecule has 0 aliphatic carbocycles. The van der Waals surface area contributed by atoms with E-state index in [1.54, 1.807) is 67.0 Å². The number of carboxylic acids is 2. The molecule has 0 fully saturated rings. The molecule has 9 nitrogen and oxygen atoms in total. The number of nitrogens with zero attached hydrogens (tertiary/aromatic N) is 1. The summed E-state index contributed by atoms with van der Waals surface area (Å²) in [6.07, 6.45) is 6.12. The van der Waals surface area contributed by atoms with Crippen LogP contribution in [0.5, 0.6) is 0 Å². The lowest BCUT2D eigenvalue weighted by Crippen LogP contribution is -2.24. The number of rotatable bonds is 13. The van der Waals surface area contributed by atoms with Crippen molar-refractivity contribution in [3.05, 3.63) is 111 Å². The summed E-state index contributed by atoms with van der Waals surface area (Å²) >= 11 is 21.7. The number of hydrogen-bond donors (Lipinski definition) is 5. The van der Waals surface area contributed by atoms with Gasteiger partial charge in [-0.25, -0.2) is 9.59 Å². The third kappa shape index (κ3) is 13.0. The van der Waals surface area contributed by atoms with E-state index in [1.165, 1.54) is 12.1 Å². The zero-order chi connectivity index (χ0) is 34.3. The van der Waals surface area contributed by atoms with Crippen LogP contribution in [-0.2, 0) is 4.79 Å². The Morgan fingerprint density at radius 2 is 1.30 bits per heavy atom. The Balaban J connectivity index is 0.000000257. The number of halogens is 3. The number of aromatic carboxylic acids is 2. The predicted molar refractivity (Wildman–Crippen MR) is 191 cm³/mol. The molecule has 0 bridgehead atoms. The van der Waals surface area contributed by atoms with Crippen molar-refractivity contribution in [2.45, 2.75) is 40.4 Å². The zero-order valence-electron chi connectivity index (χ0n) is 24.4. The summed E-state index contributed by atoms with van der Waals surface area (Å²) in [7, 11) is 2.29. The summed E-state index contributed by atoms with van der Waals surface area (Å²) in [5, 5.41) is 25.1. The molecule has 4 aromatic rings. The predicted octanol–water partition coefficient (Wildman–Crippen LogP) is 9.14. The van der Waals surface area contributed by atoms with E-state index in [9.17, 15) is 29.4 Å². The van der Waals surface area contributed by atoms with Gasteiger partial charge in [-0.15, -0.1) is 12.6 Å². The van der Waals surface area contributed by atoms with Gasteiger partial charge in [0.15, 0.2) is 0 Å². The van der Waals surface area contributed by atoms with Crippen molar-refractivity contribution in [3.63, 3.8) is 0 Å². The average Bonchev–Trinajstić information content (AvgIpc) is 3.04. The van der Waals surface area contributed by atoms with E-state index in [-0.39, 0.29) is 22.9 Å². The van der Waals surface area contributed by atoms with Gasteiger partial charge in [0, 0.05) is 48.9 Å². The summed E-state index contributed by atoms with van der Waals surface area (Å²) in [5.41, 5.74) is 1.29. The molecule has 0 spiro atoms. The average molecular weight is 753 g/mol. The number of carboxylic acid groups (broad SMARTS) is 2. The summed E-state index contributed by atoms with van der Waals surface area (Å²) in [4.78, 5) is 51.8. The fourth-order valence-corrected chi connectivity index (χ4v) is 6.87. The highest BCUT2D eigenvalue weighted by Gasteiger charge is 2.16. The molecular formula is C32H28Cl3N3O6S3. The van der Waals surface area contributed by atoms with Crippen LogP contribution in [0.4, 0.5) is 5.69 Å². The van der Waals surface area contributed by atoms with E-state index in [0.29, 0.717) is 54.0 Å². The molecule has 0 aliphatic heterocycles. The molecule has 2 amide bonds. The smallest absolute Gasteiger partial charge is 0.336 e. The molecule has 4 rings (SSSR count). The van der Waals surface area contributed by atoms with Crippen LogP contribution in [0.1, 0.15) is 56.8 Å². The molecule has 0 unspecified atom stereocenters. The standard InChI is InChI=1S/C18H20ClN3O2S.C14H8Cl2O4S2/c19-13-7-8-16(25)15(11-13)18(24)21-10-3-1-2-6-17(23)22-14-5-4-9-20-12-14;15-7-1-3-11(9(5-7)13(17)18)21-22-12-4-2-8(16)6-10(12)14(19)20/h4-5,7-9,11-12,25H,1-3,6,10H2,(H,21,24)(H,22,23);1-6H,(H,17,18)(H,19,20). The number of pyridine rings is 1. The van der Waals surface area contributed by atoms with E-state index in [0.717, 1.165) is 40.9 Å². The maximum absolute atomic E-state index is 12.1. The summed E-state index contributed by atoms with van der Waals surface area (Å²) in [5.74, 6) is -2.42. The van der Waals surface area contributed by atoms with E-state index < -0.39 is 11.9 Å². The van der Waals surface area contributed by atoms with Crippen molar-refractivity contribution < 1.29 is 29.4 Å². The fourth-order valence-electron chi connectivity index (χ4n) is 3.81. The summed E-state index contributed by atoms with van der Waals surface area (Å²) in [6.45, 7) is 0.544. The van der Waals surface area contributed by atoms with Crippen molar-refractivity contribution in [1.82, 2.24) is 10.3 Å². The van der Waals surface area contributed by atoms with Crippen molar-refractivity contribution in [3.8, 4) is 0 Å². The fraction of sp³-hybridized carbons (Fsp3) is 0.156. The molecule has 246 valence electrons. The number of carbonyl (C=O) groups is 4. The number of carbonyl (C=O) groups excluding carboxylic acids is 2. The highest BCUT2D eigenvalue weighted by molar-refractivity contribution is 8.76. The van der Waals surface area contributed by atoms with Gasteiger partial charge in [-0.1, -0.05) is 62.8 Å². The number of nitrogens with one attached hydrogen (secondary N) is 2. The molecule has 15 heteroatoms. The van der Waals surface area contributed by atoms with Crippen LogP contribution >= 0.6 is 69.0 Å². The van der Waals surface area contributed by atoms with Gasteiger partial charge in [0.25, 0.3) is 5.91 Å². The monoisotopic (exact) mass is 751 g/mol. The van der Waals surface area contributed by atoms with Crippen LogP contribution in [0, 0.1) is 0 Å². The second kappa shape index (κ2) is 19.4. The Hall–Kier alpha value is -3.39. The third-order valence-corrected chi connectivity index (χ3v) is 9.66. The minimum Gasteiger partial charge on any atom is -0.478 e. The number of aromatic nitrogens is 1. The summed E-state index contributed by atoms with van der Waals surface area (Å²) in [6, 6.07) is 17.6. The first-order valence-electron chi connectivity index (χ1n) is 13.8. The number of unbranched alkanes of at least 4 members (excludes halogenated alkanes) is 2. The quantitative estimate of drug-likeness (QED) is 0.0513. The van der Waals surface area contributed by atoms with Crippen molar-refractivity contribution in [2.75, 3.05) is 11.9 Å². The van der Waals surface area contributed by atoms with Crippen LogP contribution in [0.25, 0.3) is 0 Å². The molecular weight excluding hydrogens is 725 g/mol. The zero-order valence-corrected chi connectivity index (χ0v) is 29.2. The van der Waals surface area contributed by atoms with Crippen molar-refractivity contribution in [2.24, 2.45) is 0 Å². The number of amides is 2. The highest BCUT2D eigenvalue weighted by Crippen LogP contribution is 2.41. The molecule has 0 saturated carbocycles. The lowest BCUT2D eigenvalue weighted by Gasteiger charge is -2.08. The molecule has 0 radical (unpaired) electrons. The van der Waals surface area contributed by atoms with Crippen LogP contribution in [0.15, 0.2) is 93.8 Å². The van der Waals surface area contributed by atoms with E-state index in [1.807, 2.05) is 0 Å². The van der Waals surface area contributed by atoms with Crippen molar-refractivity contribution >= 4 is 98.5 Å². The van der Waals surface area contributed by atoms with Gasteiger partial charge >= 0.3 is 11.9 Å². The lowest BCUT2D eigenvalue weighted by molar-refractivity contribution is -0.116. The molecule has 1 heterocycles. The first kappa shape index (κ1) is 38.1. The lowest BCUT2D eigenvalue weighted by atomic mass is 10.1. The maximum atomic E-state index is 12.1. The highest BCUT2D eigenvalue weighted by atomic mass is 35.5. The van der Waals surface area contributed by atoms with Crippen LogP contribution in [0.3, 0.4) is 0 Å². The first-order valence-corrected chi connectivity index (χ1v) is 17.5. The van der Waals surface area contributed by atoms with Gasteiger partial charge in [-0.3, -0.25) is 14.6 Å². The Kier molecular flexibility index (Phi) is 15.7. The Bertz CT molecular complexity index is 1670. The Labute approximate surface area is 299 Å². The number of anilines is 1. The van der Waals surface area contributed by atoms with Crippen LogP contribution in [0.2, 0.25) is 15.1 Å². The van der Waals surface area contributed by atoms with Gasteiger partial charge in [0.05, 0.1) is 28.6 Å². The van der Waals surface area contributed by atoms with Gasteiger partial charge in [-0.2, -0.15) is 0 Å². The number of benzene rings is 3. The van der Waals surface area contributed by atoms with Gasteiger partial charge in [-0.05, 0) is 79.6 Å². The Morgan fingerprint density at radius 3 is 1.83 bits per heavy atom. The normalized spacial score (nSPS) is 10.4. The van der Waals surface area contributed by atoms with Gasteiger partial charge < -0.3 is 20.8 Å². The molecule has 1 aromatic heterocycles. The van der Waals surface area contributed by atoms with Crippen LogP contribution < -0.4 is 10.6 Å². The maximum Gasteiger partial charge on any atom is 0.336 e. The van der Waals surface area contributed by atoms with E-state index >= 15 is 0 Å². The van der Waals surface area contributed by atoms with Gasteiger partial charge in [0.1, 0.15) is 0 Å². The third-order valence-electron chi connectivity index (χ3n) is 6.08. The molecule has 47 heavy (non-hydrogen) atoms. The largest absolute Gasteiger partial charge is 0.478 e. The van der Waals surface area contributed by atoms with Crippen LogP contribution in [-0.4, -0.2) is 45.5 Å².